The summed E-state index contributed by atoms with van der Waals surface area (Å²) in [7, 11) is 0. The van der Waals surface area contributed by atoms with E-state index in [-0.39, 0.29) is 11.7 Å². The van der Waals surface area contributed by atoms with Crippen LogP contribution in [0.15, 0.2) is 18.2 Å². The molecule has 1 aromatic carbocycles. The molecule has 1 atom stereocenters. The average Bonchev–Trinajstić information content (AvgIpc) is 2.91. The number of thiazole rings is 1. The van der Waals surface area contributed by atoms with Gasteiger partial charge in [0.05, 0.1) is 10.2 Å². The standard InChI is InChI=1S/C12H12N2O2S2/c15-8-1-2-9-10(4-8)18-12(13-9)14-5-7(6-17)3-11(14)16/h1-2,4,7,15,17H,3,5-6H2. The maximum Gasteiger partial charge on any atom is 0.229 e. The van der Waals surface area contributed by atoms with Gasteiger partial charge in [-0.25, -0.2) is 4.98 Å². The van der Waals surface area contributed by atoms with E-state index in [4.69, 9.17) is 0 Å². The highest BCUT2D eigenvalue weighted by Gasteiger charge is 2.31. The lowest BCUT2D eigenvalue weighted by Gasteiger charge is -2.11. The zero-order valence-corrected chi connectivity index (χ0v) is 11.2. The van der Waals surface area contributed by atoms with Crippen molar-refractivity contribution >= 4 is 45.2 Å². The van der Waals surface area contributed by atoms with Crippen molar-refractivity contribution in [2.24, 2.45) is 5.92 Å². The Morgan fingerprint density at radius 2 is 2.39 bits per heavy atom. The minimum absolute atomic E-state index is 0.109. The first-order valence-electron chi connectivity index (χ1n) is 5.68. The van der Waals surface area contributed by atoms with Gasteiger partial charge in [-0.15, -0.1) is 0 Å². The predicted octanol–water partition coefficient (Wildman–Crippen LogP) is 2.28. The van der Waals surface area contributed by atoms with Crippen LogP contribution in [-0.2, 0) is 4.79 Å². The number of benzene rings is 1. The van der Waals surface area contributed by atoms with Crippen LogP contribution < -0.4 is 4.90 Å². The molecule has 1 saturated heterocycles. The summed E-state index contributed by atoms with van der Waals surface area (Å²) in [6.07, 6.45) is 0.546. The number of carbonyl (C=O) groups is 1. The number of thiol groups is 1. The summed E-state index contributed by atoms with van der Waals surface area (Å²) >= 11 is 5.68. The van der Waals surface area contributed by atoms with E-state index in [0.717, 1.165) is 10.2 Å². The van der Waals surface area contributed by atoms with Gasteiger partial charge < -0.3 is 5.11 Å². The Labute approximate surface area is 114 Å². The summed E-state index contributed by atoms with van der Waals surface area (Å²) in [5.41, 5.74) is 0.815. The largest absolute Gasteiger partial charge is 0.508 e. The zero-order valence-electron chi connectivity index (χ0n) is 9.54. The average molecular weight is 280 g/mol. The molecule has 0 spiro atoms. The van der Waals surface area contributed by atoms with E-state index in [1.54, 1.807) is 23.1 Å². The molecule has 4 nitrogen and oxygen atoms in total. The van der Waals surface area contributed by atoms with Crippen LogP contribution in [0, 0.1) is 5.92 Å². The van der Waals surface area contributed by atoms with Crippen molar-refractivity contribution in [3.05, 3.63) is 18.2 Å². The fourth-order valence-corrected chi connectivity index (χ4v) is 3.38. The molecule has 0 bridgehead atoms. The Bertz CT molecular complexity index is 611. The number of hydrogen-bond acceptors (Lipinski definition) is 5. The van der Waals surface area contributed by atoms with Gasteiger partial charge in [-0.3, -0.25) is 9.69 Å². The number of anilines is 1. The molecule has 1 amide bonds. The molecule has 1 aliphatic heterocycles. The van der Waals surface area contributed by atoms with Crippen LogP contribution in [-0.4, -0.2) is 28.3 Å². The lowest BCUT2D eigenvalue weighted by atomic mass is 10.1. The molecule has 1 N–H and O–H groups in total. The van der Waals surface area contributed by atoms with Crippen molar-refractivity contribution < 1.29 is 9.90 Å². The van der Waals surface area contributed by atoms with Crippen LogP contribution in [0.5, 0.6) is 5.75 Å². The molecule has 3 rings (SSSR count). The second-order valence-electron chi connectivity index (χ2n) is 4.41. The van der Waals surface area contributed by atoms with Gasteiger partial charge in [0.1, 0.15) is 5.75 Å². The molecule has 2 heterocycles. The van der Waals surface area contributed by atoms with Gasteiger partial charge in [-0.05, 0) is 29.9 Å². The minimum atomic E-state index is 0.109. The lowest BCUT2D eigenvalue weighted by molar-refractivity contribution is -0.117. The van der Waals surface area contributed by atoms with Crippen molar-refractivity contribution in [1.29, 1.82) is 0 Å². The quantitative estimate of drug-likeness (QED) is 0.830. The first-order chi connectivity index (χ1) is 8.67. The van der Waals surface area contributed by atoms with E-state index in [2.05, 4.69) is 17.6 Å². The minimum Gasteiger partial charge on any atom is -0.508 e. The molecule has 1 fully saturated rings. The summed E-state index contributed by atoms with van der Waals surface area (Å²) in [6.45, 7) is 0.689. The third-order valence-electron chi connectivity index (χ3n) is 3.05. The Morgan fingerprint density at radius 1 is 1.56 bits per heavy atom. The Balaban J connectivity index is 1.97. The maximum atomic E-state index is 11.9. The number of aromatic nitrogens is 1. The van der Waals surface area contributed by atoms with Crippen LogP contribution in [0.3, 0.4) is 0 Å². The molecular formula is C12H12N2O2S2. The topological polar surface area (TPSA) is 53.4 Å². The second kappa shape index (κ2) is 4.44. The molecule has 0 radical (unpaired) electrons. The predicted molar refractivity (Wildman–Crippen MR) is 75.6 cm³/mol. The van der Waals surface area contributed by atoms with Crippen LogP contribution in [0.4, 0.5) is 5.13 Å². The molecule has 18 heavy (non-hydrogen) atoms. The van der Waals surface area contributed by atoms with Gasteiger partial charge in [0, 0.05) is 13.0 Å². The summed E-state index contributed by atoms with van der Waals surface area (Å²) in [5.74, 6) is 1.35. The van der Waals surface area contributed by atoms with Gasteiger partial charge >= 0.3 is 0 Å². The molecular weight excluding hydrogens is 268 g/mol. The first kappa shape index (κ1) is 11.8. The number of nitrogens with zero attached hydrogens (tertiary/aromatic N) is 2. The highest BCUT2D eigenvalue weighted by Crippen LogP contribution is 2.34. The van der Waals surface area contributed by atoms with Crippen LogP contribution in [0.1, 0.15) is 6.42 Å². The number of fused-ring (bicyclic) bond motifs is 1. The number of phenolic OH excluding ortho intramolecular Hbond substituents is 1. The SMILES string of the molecule is O=C1CC(CS)CN1c1nc2ccc(O)cc2s1. The zero-order chi connectivity index (χ0) is 12.7. The van der Waals surface area contributed by atoms with Gasteiger partial charge in [-0.2, -0.15) is 12.6 Å². The fraction of sp³-hybridized carbons (Fsp3) is 0.333. The summed E-state index contributed by atoms with van der Waals surface area (Å²) < 4.78 is 0.895. The molecule has 6 heteroatoms. The van der Waals surface area contributed by atoms with Crippen molar-refractivity contribution in [1.82, 2.24) is 4.98 Å². The molecule has 94 valence electrons. The molecule has 1 aliphatic rings. The Hall–Kier alpha value is -1.27. The first-order valence-corrected chi connectivity index (χ1v) is 7.13. The van der Waals surface area contributed by atoms with Crippen LogP contribution in [0.25, 0.3) is 10.2 Å². The van der Waals surface area contributed by atoms with E-state index in [9.17, 15) is 9.90 Å². The van der Waals surface area contributed by atoms with E-state index < -0.39 is 0 Å². The van der Waals surface area contributed by atoms with Crippen LogP contribution >= 0.6 is 24.0 Å². The normalized spacial score (nSPS) is 19.9. The number of rotatable bonds is 2. The summed E-state index contributed by atoms with van der Waals surface area (Å²) in [5, 5.41) is 10.1. The summed E-state index contributed by atoms with van der Waals surface area (Å²) in [6, 6.07) is 5.04. The van der Waals surface area contributed by atoms with E-state index in [0.29, 0.717) is 29.8 Å². The molecule has 2 aromatic rings. The lowest BCUT2D eigenvalue weighted by Crippen LogP contribution is -2.24. The molecule has 1 unspecified atom stereocenters. The number of aromatic hydroxyl groups is 1. The number of amides is 1. The Morgan fingerprint density at radius 3 is 3.11 bits per heavy atom. The molecule has 0 saturated carbocycles. The number of phenols is 1. The fourth-order valence-electron chi connectivity index (χ4n) is 2.11. The third-order valence-corrected chi connectivity index (χ3v) is 4.61. The van der Waals surface area contributed by atoms with Gasteiger partial charge in [-0.1, -0.05) is 11.3 Å². The summed E-state index contributed by atoms with van der Waals surface area (Å²) in [4.78, 5) is 18.1. The maximum absolute atomic E-state index is 11.9. The second-order valence-corrected chi connectivity index (χ2v) is 5.78. The van der Waals surface area contributed by atoms with Crippen LogP contribution in [0.2, 0.25) is 0 Å². The van der Waals surface area contributed by atoms with Crippen molar-refractivity contribution in [2.75, 3.05) is 17.2 Å². The van der Waals surface area contributed by atoms with Gasteiger partial charge in [0.25, 0.3) is 0 Å². The van der Waals surface area contributed by atoms with Gasteiger partial charge in [0.2, 0.25) is 5.91 Å². The van der Waals surface area contributed by atoms with Gasteiger partial charge in [0.15, 0.2) is 5.13 Å². The molecule has 0 aliphatic carbocycles. The molecule has 1 aromatic heterocycles. The number of hydrogen-bond donors (Lipinski definition) is 2. The van der Waals surface area contributed by atoms with Crippen molar-refractivity contribution in [3.8, 4) is 5.75 Å². The highest BCUT2D eigenvalue weighted by molar-refractivity contribution is 7.80. The van der Waals surface area contributed by atoms with E-state index >= 15 is 0 Å². The van der Waals surface area contributed by atoms with E-state index in [1.807, 2.05) is 0 Å². The van der Waals surface area contributed by atoms with Crippen molar-refractivity contribution in [3.63, 3.8) is 0 Å². The highest BCUT2D eigenvalue weighted by atomic mass is 32.1. The monoisotopic (exact) mass is 280 g/mol. The smallest absolute Gasteiger partial charge is 0.229 e. The third kappa shape index (κ3) is 1.95. The Kier molecular flexibility index (Phi) is 2.91. The van der Waals surface area contributed by atoms with E-state index in [1.165, 1.54) is 11.3 Å². The van der Waals surface area contributed by atoms with Crippen molar-refractivity contribution in [2.45, 2.75) is 6.42 Å². The number of carbonyl (C=O) groups excluding carboxylic acids is 1.